The Hall–Kier alpha value is -7.80. The van der Waals surface area contributed by atoms with E-state index in [0.29, 0.717) is 84.1 Å². The van der Waals surface area contributed by atoms with Gasteiger partial charge in [-0.2, -0.15) is 0 Å². The average molecular weight is 969 g/mol. The fourth-order valence-corrected chi connectivity index (χ4v) is 9.71. The summed E-state index contributed by atoms with van der Waals surface area (Å²) in [5.74, 6) is -0.536. The van der Waals surface area contributed by atoms with E-state index in [9.17, 15) is 39.3 Å². The highest BCUT2D eigenvalue weighted by atomic mass is 16.6. The van der Waals surface area contributed by atoms with Crippen molar-refractivity contribution in [1.82, 2.24) is 39.4 Å². The number of fused-ring (bicyclic) bond motifs is 5. The minimum absolute atomic E-state index is 0.0183. The van der Waals surface area contributed by atoms with E-state index >= 15 is 0 Å². The molecule has 19 nitrogen and oxygen atoms in total. The third-order valence-electron chi connectivity index (χ3n) is 13.7. The van der Waals surface area contributed by atoms with Crippen molar-refractivity contribution in [2.75, 3.05) is 33.2 Å². The first-order chi connectivity index (χ1) is 34.0. The van der Waals surface area contributed by atoms with E-state index in [2.05, 4.69) is 15.5 Å². The Balaban J connectivity index is 0.804. The molecule has 9 rings (SSSR count). The molecule has 1 saturated heterocycles. The van der Waals surface area contributed by atoms with E-state index in [1.165, 1.54) is 11.0 Å². The number of ether oxygens (including phenoxy) is 3. The summed E-state index contributed by atoms with van der Waals surface area (Å²) in [5, 5.41) is 44.6. The molecule has 1 atom stereocenters. The standard InChI is InChI=1S/C52H56N8O11/c1-7-33-35-22-32(14-15-40(35)54-45-37(33)26-59-41(45)24-39-38(49(59)65)27-69-50(66)52(39,68)8-2)71-51(67)57(6)19-18-44(63)58-20-16-31(17-21-58)70-30-12-10-29(11-13-30)60-46(55-56-47(60)48(64)53-9-3)36-23-34(28(4)5)42(61)25-43(36)62/h10-15,22-25,28,31,61-62,68H,7-9,16-21,26-27H2,1-6H3,(H,53,64)/t52-/m0/s1. The quantitative estimate of drug-likeness (QED) is 0.0961. The third-order valence-corrected chi connectivity index (χ3v) is 13.7. The van der Waals surface area contributed by atoms with E-state index in [0.717, 1.165) is 16.5 Å². The van der Waals surface area contributed by atoms with Crippen LogP contribution >= 0.6 is 0 Å². The molecule has 19 heteroatoms. The highest BCUT2D eigenvalue weighted by Gasteiger charge is 2.45. The predicted octanol–water partition coefficient (Wildman–Crippen LogP) is 6.06. The number of likely N-dealkylation sites (tertiary alicyclic amines) is 1. The Morgan fingerprint density at radius 1 is 0.944 bits per heavy atom. The summed E-state index contributed by atoms with van der Waals surface area (Å²) in [6.45, 7) is 10.7. The highest BCUT2D eigenvalue weighted by Crippen LogP contribution is 2.42. The van der Waals surface area contributed by atoms with Gasteiger partial charge in [-0.15, -0.1) is 10.2 Å². The van der Waals surface area contributed by atoms with Crippen molar-refractivity contribution in [3.05, 3.63) is 105 Å². The first-order valence-corrected chi connectivity index (χ1v) is 23.9. The summed E-state index contributed by atoms with van der Waals surface area (Å²) >= 11 is 0. The number of aliphatic hydroxyl groups is 1. The van der Waals surface area contributed by atoms with Gasteiger partial charge in [0.05, 0.1) is 34.6 Å². The number of aryl methyl sites for hydroxylation is 1. The molecule has 3 aliphatic rings. The number of cyclic esters (lactones) is 1. The van der Waals surface area contributed by atoms with Crippen LogP contribution in [0.25, 0.3) is 39.4 Å². The molecular weight excluding hydrogens is 913 g/mol. The smallest absolute Gasteiger partial charge is 0.414 e. The summed E-state index contributed by atoms with van der Waals surface area (Å²) in [5.41, 5.74) is 3.15. The zero-order valence-electron chi connectivity index (χ0n) is 40.4. The summed E-state index contributed by atoms with van der Waals surface area (Å²) in [6, 6.07) is 16.8. The number of esters is 1. The van der Waals surface area contributed by atoms with E-state index in [1.54, 1.807) is 89.5 Å². The fourth-order valence-electron chi connectivity index (χ4n) is 9.71. The van der Waals surface area contributed by atoms with Crippen molar-refractivity contribution in [3.63, 3.8) is 0 Å². The largest absolute Gasteiger partial charge is 0.508 e. The molecule has 0 spiro atoms. The Morgan fingerprint density at radius 3 is 2.37 bits per heavy atom. The van der Waals surface area contributed by atoms with Crippen LogP contribution in [0.15, 0.2) is 65.5 Å². The Morgan fingerprint density at radius 2 is 1.68 bits per heavy atom. The monoisotopic (exact) mass is 968 g/mol. The number of carbonyl (C=O) groups is 4. The molecule has 71 heavy (non-hydrogen) atoms. The van der Waals surface area contributed by atoms with Crippen LogP contribution in [0, 0.1) is 0 Å². The van der Waals surface area contributed by atoms with Gasteiger partial charge in [-0.1, -0.05) is 27.7 Å². The first-order valence-electron chi connectivity index (χ1n) is 23.9. The molecule has 0 saturated carbocycles. The third kappa shape index (κ3) is 8.78. The van der Waals surface area contributed by atoms with Crippen LogP contribution in [-0.4, -0.2) is 113 Å². The molecule has 370 valence electrons. The van der Waals surface area contributed by atoms with Gasteiger partial charge in [0.25, 0.3) is 11.5 Å². The number of phenols is 2. The number of carbonyl (C=O) groups excluding carboxylic acids is 4. The summed E-state index contributed by atoms with van der Waals surface area (Å²) < 4.78 is 20.5. The lowest BCUT2D eigenvalue weighted by Gasteiger charge is -2.32. The van der Waals surface area contributed by atoms with Gasteiger partial charge >= 0.3 is 12.1 Å². The van der Waals surface area contributed by atoms with E-state index in [4.69, 9.17) is 19.2 Å². The maximum atomic E-state index is 13.7. The zero-order valence-corrected chi connectivity index (χ0v) is 40.4. The number of piperidine rings is 1. The molecule has 3 aromatic heterocycles. The Bertz CT molecular complexity index is 3170. The maximum Gasteiger partial charge on any atom is 0.414 e. The van der Waals surface area contributed by atoms with Crippen molar-refractivity contribution in [3.8, 4) is 51.5 Å². The molecule has 3 aliphatic heterocycles. The number of hydrogen-bond donors (Lipinski definition) is 4. The van der Waals surface area contributed by atoms with E-state index in [-0.39, 0.29) is 90.3 Å². The topological polar surface area (TPSA) is 241 Å². The molecule has 0 radical (unpaired) electrons. The number of aromatic hydroxyl groups is 2. The van der Waals surface area contributed by atoms with Gasteiger partial charge < -0.3 is 49.2 Å². The fraction of sp³-hybridized carbons (Fsp3) is 0.385. The van der Waals surface area contributed by atoms with Gasteiger partial charge in [-0.05, 0) is 91.4 Å². The number of pyridine rings is 2. The first kappa shape index (κ1) is 48.2. The van der Waals surface area contributed by atoms with Gasteiger partial charge in [-0.25, -0.2) is 14.6 Å². The minimum atomic E-state index is -1.93. The van der Waals surface area contributed by atoms with Gasteiger partial charge in [0.2, 0.25) is 11.7 Å². The van der Waals surface area contributed by atoms with E-state index in [1.807, 2.05) is 20.8 Å². The molecular formula is C52H56N8O11. The van der Waals surface area contributed by atoms with Crippen molar-refractivity contribution in [1.29, 1.82) is 0 Å². The molecule has 1 fully saturated rings. The lowest BCUT2D eigenvalue weighted by atomic mass is 9.86. The summed E-state index contributed by atoms with van der Waals surface area (Å²) in [7, 11) is 1.57. The maximum absolute atomic E-state index is 13.7. The number of phenolic OH excluding ortho intramolecular Hbond substituents is 2. The van der Waals surface area contributed by atoms with Crippen LogP contribution in [0.3, 0.4) is 0 Å². The molecule has 0 aliphatic carbocycles. The second kappa shape index (κ2) is 19.2. The van der Waals surface area contributed by atoms with Crippen LogP contribution < -0.4 is 20.3 Å². The summed E-state index contributed by atoms with van der Waals surface area (Å²) in [4.78, 5) is 74.2. The van der Waals surface area contributed by atoms with Crippen LogP contribution in [0.2, 0.25) is 0 Å². The normalized spacial score (nSPS) is 16.3. The van der Waals surface area contributed by atoms with Gasteiger partial charge in [0.15, 0.2) is 11.4 Å². The van der Waals surface area contributed by atoms with Crippen LogP contribution in [0.1, 0.15) is 105 Å². The van der Waals surface area contributed by atoms with Gasteiger partial charge in [-0.3, -0.25) is 19.0 Å². The van der Waals surface area contributed by atoms with Crippen LogP contribution in [0.5, 0.6) is 23.0 Å². The lowest BCUT2D eigenvalue weighted by Crippen LogP contribution is -2.44. The molecule has 0 unspecified atom stereocenters. The Kier molecular flexibility index (Phi) is 13.0. The molecule has 3 amide bonds. The molecule has 6 heterocycles. The predicted molar refractivity (Wildman–Crippen MR) is 260 cm³/mol. The van der Waals surface area contributed by atoms with Gasteiger partial charge in [0.1, 0.15) is 35.7 Å². The second-order valence-corrected chi connectivity index (χ2v) is 18.4. The number of nitrogens with one attached hydrogen (secondary N) is 1. The van der Waals surface area contributed by atoms with Crippen molar-refractivity contribution in [2.24, 2.45) is 0 Å². The number of rotatable bonds is 13. The number of amides is 3. The van der Waals surface area contributed by atoms with E-state index < -0.39 is 23.6 Å². The average Bonchev–Trinajstić information content (AvgIpc) is 3.96. The highest BCUT2D eigenvalue weighted by molar-refractivity contribution is 5.93. The van der Waals surface area contributed by atoms with Crippen molar-refractivity contribution >= 4 is 34.8 Å². The number of aromatic nitrogens is 5. The minimum Gasteiger partial charge on any atom is -0.508 e. The number of nitrogens with zero attached hydrogens (tertiary/aromatic N) is 7. The number of benzene rings is 3. The van der Waals surface area contributed by atoms with Gasteiger partial charge in [0, 0.05) is 80.8 Å². The van der Waals surface area contributed by atoms with Crippen molar-refractivity contribution < 1.29 is 48.7 Å². The Labute approximate surface area is 408 Å². The molecule has 4 N–H and O–H groups in total. The van der Waals surface area contributed by atoms with Crippen LogP contribution in [-0.2, 0) is 39.5 Å². The van der Waals surface area contributed by atoms with Crippen LogP contribution in [0.4, 0.5) is 4.79 Å². The molecule has 0 bridgehead atoms. The SMILES string of the molecule is CCNC(=O)c1nnc(-c2cc(C(C)C)c(O)cc2O)n1-c1ccc(OC2CCN(C(=O)CCN(C)C(=O)Oc3ccc4nc5c(c(CC)c4c3)Cn3c-5cc4c(c3=O)COC(=O)[C@]4(O)CC)CC2)cc1. The van der Waals surface area contributed by atoms with Crippen molar-refractivity contribution in [2.45, 2.75) is 97.5 Å². The molecule has 3 aromatic carbocycles. The molecule has 6 aromatic rings. The lowest BCUT2D eigenvalue weighted by molar-refractivity contribution is -0.172. The number of hydrogen-bond acceptors (Lipinski definition) is 14. The second-order valence-electron chi connectivity index (χ2n) is 18.4. The zero-order chi connectivity index (χ0) is 50.5. The summed E-state index contributed by atoms with van der Waals surface area (Å²) in [6.07, 6.45) is 1.10.